The molecule has 31 heavy (non-hydrogen) atoms. The molecule has 0 saturated heterocycles. The number of nitrogens with zero attached hydrogens (tertiary/aromatic N) is 3. The van der Waals surface area contributed by atoms with Crippen LogP contribution in [0.2, 0.25) is 0 Å². The van der Waals surface area contributed by atoms with Crippen LogP contribution in [0.25, 0.3) is 22.3 Å². The third-order valence-corrected chi connectivity index (χ3v) is 4.83. The second kappa shape index (κ2) is 8.47. The Morgan fingerprint density at radius 3 is 2.29 bits per heavy atom. The van der Waals surface area contributed by atoms with Crippen molar-refractivity contribution in [3.63, 3.8) is 0 Å². The summed E-state index contributed by atoms with van der Waals surface area (Å²) in [4.78, 5) is 8.80. The summed E-state index contributed by atoms with van der Waals surface area (Å²) in [6.45, 7) is 5.89. The number of benzene rings is 2. The van der Waals surface area contributed by atoms with Crippen LogP contribution in [-0.2, 0) is 0 Å². The number of aromatic nitrogens is 2. The van der Waals surface area contributed by atoms with Crippen LogP contribution in [0.15, 0.2) is 58.0 Å². The Morgan fingerprint density at radius 1 is 0.839 bits per heavy atom. The second-order valence-electron chi connectivity index (χ2n) is 7.26. The second-order valence-corrected chi connectivity index (χ2v) is 7.26. The lowest BCUT2D eigenvalue weighted by Crippen LogP contribution is -2.09. The van der Waals surface area contributed by atoms with Crippen molar-refractivity contribution < 1.29 is 13.9 Å². The fourth-order valence-electron chi connectivity index (χ4n) is 3.39. The molecule has 0 aliphatic rings. The molecule has 2 aromatic carbocycles. The van der Waals surface area contributed by atoms with Gasteiger partial charge in [0.25, 0.3) is 0 Å². The van der Waals surface area contributed by atoms with Gasteiger partial charge in [-0.15, -0.1) is 0 Å². The van der Waals surface area contributed by atoms with E-state index in [1.165, 1.54) is 0 Å². The van der Waals surface area contributed by atoms with Crippen molar-refractivity contribution in [2.75, 3.05) is 19.6 Å². The zero-order valence-electron chi connectivity index (χ0n) is 18.2. The maximum absolute atomic E-state index is 6.19. The molecule has 0 bridgehead atoms. The maximum Gasteiger partial charge on any atom is 0.243 e. The molecule has 0 amide bonds. The van der Waals surface area contributed by atoms with Crippen LogP contribution in [0.1, 0.15) is 17.0 Å². The largest absolute Gasteiger partial charge is 0.493 e. The van der Waals surface area contributed by atoms with Crippen LogP contribution in [0.3, 0.4) is 0 Å². The fourth-order valence-corrected chi connectivity index (χ4v) is 3.39. The Kier molecular flexibility index (Phi) is 5.58. The van der Waals surface area contributed by atoms with E-state index in [4.69, 9.17) is 13.9 Å². The predicted molar refractivity (Wildman–Crippen MR) is 120 cm³/mol. The van der Waals surface area contributed by atoms with Crippen LogP contribution in [0, 0.1) is 20.8 Å². The lowest BCUT2D eigenvalue weighted by molar-refractivity contribution is 0.355. The molecule has 0 unspecified atom stereocenters. The first-order valence-corrected chi connectivity index (χ1v) is 9.86. The highest BCUT2D eigenvalue weighted by Gasteiger charge is 2.11. The Morgan fingerprint density at radius 2 is 1.58 bits per heavy atom. The summed E-state index contributed by atoms with van der Waals surface area (Å²) in [5.74, 6) is 2.38. The van der Waals surface area contributed by atoms with Gasteiger partial charge in [-0.05, 0) is 57.2 Å². The minimum absolute atomic E-state index is 0.451. The summed E-state index contributed by atoms with van der Waals surface area (Å²) >= 11 is 0. The van der Waals surface area contributed by atoms with E-state index < -0.39 is 0 Å². The summed E-state index contributed by atoms with van der Waals surface area (Å²) in [7, 11) is 3.22. The highest BCUT2D eigenvalue weighted by atomic mass is 16.5. The van der Waals surface area contributed by atoms with Crippen LogP contribution >= 0.6 is 0 Å². The minimum Gasteiger partial charge on any atom is -0.493 e. The third-order valence-electron chi connectivity index (χ3n) is 4.83. The first-order valence-electron chi connectivity index (χ1n) is 9.86. The number of hydrogen-bond donors (Lipinski definition) is 1. The quantitative estimate of drug-likeness (QED) is 0.473. The van der Waals surface area contributed by atoms with E-state index in [1.807, 2.05) is 69.3 Å². The zero-order chi connectivity index (χ0) is 22.0. The maximum atomic E-state index is 6.19. The lowest BCUT2D eigenvalue weighted by atomic mass is 10.1. The standard InChI is InChI=1S/C24H24N4O3/c1-14-6-8-20-18(10-14)19(27-28-24-25-15(2)11-16(3)26-24)13-22(31-20)17-7-9-21(29-4)23(12-17)30-5/h6-13H,1-5H3,(H,25,26,28)/b27-19+. The summed E-state index contributed by atoms with van der Waals surface area (Å²) in [6, 6.07) is 15.4. The molecule has 0 spiro atoms. The van der Waals surface area contributed by atoms with E-state index >= 15 is 0 Å². The van der Waals surface area contributed by atoms with Crippen molar-refractivity contribution in [3.05, 3.63) is 70.8 Å². The van der Waals surface area contributed by atoms with E-state index in [-0.39, 0.29) is 0 Å². The first kappa shape index (κ1) is 20.4. The molecular weight excluding hydrogens is 392 g/mol. The number of fused-ring (bicyclic) bond motifs is 1. The molecule has 0 saturated carbocycles. The molecule has 7 nitrogen and oxygen atoms in total. The molecule has 4 aromatic rings. The van der Waals surface area contributed by atoms with E-state index in [9.17, 15) is 0 Å². The molecular formula is C24H24N4O3. The Hall–Kier alpha value is -3.87. The highest BCUT2D eigenvalue weighted by molar-refractivity contribution is 5.79. The van der Waals surface area contributed by atoms with Gasteiger partial charge in [0.1, 0.15) is 11.3 Å². The molecule has 0 atom stereocenters. The molecule has 2 heterocycles. The fraction of sp³-hybridized carbons (Fsp3) is 0.208. The van der Waals surface area contributed by atoms with Crippen molar-refractivity contribution in [1.82, 2.24) is 9.97 Å². The van der Waals surface area contributed by atoms with Gasteiger partial charge in [-0.3, -0.25) is 0 Å². The van der Waals surface area contributed by atoms with Crippen LogP contribution in [0.5, 0.6) is 11.5 Å². The molecule has 0 fully saturated rings. The van der Waals surface area contributed by atoms with Gasteiger partial charge in [-0.25, -0.2) is 15.4 Å². The molecule has 4 rings (SSSR count). The SMILES string of the molecule is COc1ccc(-c2c/c(=N\Nc3nc(C)cc(C)n3)c3cc(C)ccc3o2)cc1OC. The third kappa shape index (κ3) is 4.35. The van der Waals surface area contributed by atoms with E-state index in [0.717, 1.165) is 38.8 Å². The van der Waals surface area contributed by atoms with Crippen molar-refractivity contribution in [1.29, 1.82) is 0 Å². The average Bonchev–Trinajstić information content (AvgIpc) is 2.76. The van der Waals surface area contributed by atoms with Gasteiger partial charge in [0.15, 0.2) is 11.5 Å². The number of aryl methyl sites for hydroxylation is 3. The molecule has 0 aliphatic heterocycles. The number of hydrogen-bond acceptors (Lipinski definition) is 7. The first-order chi connectivity index (χ1) is 15.0. The average molecular weight is 416 g/mol. The molecule has 2 aromatic heterocycles. The van der Waals surface area contributed by atoms with Gasteiger partial charge in [0.2, 0.25) is 5.95 Å². The van der Waals surface area contributed by atoms with Crippen LogP contribution in [0.4, 0.5) is 5.95 Å². The zero-order valence-corrected chi connectivity index (χ0v) is 18.2. The summed E-state index contributed by atoms with van der Waals surface area (Å²) < 4.78 is 17.0. The van der Waals surface area contributed by atoms with Gasteiger partial charge < -0.3 is 13.9 Å². The summed E-state index contributed by atoms with van der Waals surface area (Å²) in [5.41, 5.74) is 7.42. The number of anilines is 1. The van der Waals surface area contributed by atoms with Gasteiger partial charge in [-0.1, -0.05) is 11.6 Å². The van der Waals surface area contributed by atoms with E-state index in [2.05, 4.69) is 20.5 Å². The van der Waals surface area contributed by atoms with Crippen molar-refractivity contribution in [3.8, 4) is 22.8 Å². The van der Waals surface area contributed by atoms with Gasteiger partial charge in [0, 0.05) is 28.4 Å². The molecule has 7 heteroatoms. The van der Waals surface area contributed by atoms with Crippen molar-refractivity contribution >= 4 is 16.9 Å². The van der Waals surface area contributed by atoms with Gasteiger partial charge in [0.05, 0.1) is 19.6 Å². The Balaban J connectivity index is 1.87. The minimum atomic E-state index is 0.451. The Bertz CT molecular complexity index is 1310. The number of nitrogens with one attached hydrogen (secondary N) is 1. The number of ether oxygens (including phenoxy) is 2. The van der Waals surface area contributed by atoms with Gasteiger partial charge in [-0.2, -0.15) is 5.10 Å². The van der Waals surface area contributed by atoms with E-state index in [1.54, 1.807) is 14.2 Å². The summed E-state index contributed by atoms with van der Waals surface area (Å²) in [6.07, 6.45) is 0. The Labute approximate surface area is 180 Å². The number of rotatable bonds is 5. The lowest BCUT2D eigenvalue weighted by Gasteiger charge is -2.10. The molecule has 158 valence electrons. The smallest absolute Gasteiger partial charge is 0.243 e. The molecule has 0 radical (unpaired) electrons. The predicted octanol–water partition coefficient (Wildman–Crippen LogP) is 4.76. The van der Waals surface area contributed by atoms with Gasteiger partial charge >= 0.3 is 0 Å². The van der Waals surface area contributed by atoms with Crippen molar-refractivity contribution in [2.45, 2.75) is 20.8 Å². The van der Waals surface area contributed by atoms with E-state index in [0.29, 0.717) is 23.2 Å². The monoisotopic (exact) mass is 416 g/mol. The highest BCUT2D eigenvalue weighted by Crippen LogP contribution is 2.32. The molecule has 1 N–H and O–H groups in total. The normalized spacial score (nSPS) is 11.6. The van der Waals surface area contributed by atoms with Crippen LogP contribution in [-0.4, -0.2) is 24.2 Å². The molecule has 0 aliphatic carbocycles. The summed E-state index contributed by atoms with van der Waals surface area (Å²) in [5, 5.41) is 6.21. The van der Waals surface area contributed by atoms with Crippen molar-refractivity contribution in [2.24, 2.45) is 5.10 Å². The topological polar surface area (TPSA) is 81.8 Å². The number of methoxy groups -OCH3 is 2. The van der Waals surface area contributed by atoms with Crippen LogP contribution < -0.4 is 20.3 Å².